The predicted octanol–water partition coefficient (Wildman–Crippen LogP) is 2.70. The van der Waals surface area contributed by atoms with E-state index < -0.39 is 17.0 Å². The Morgan fingerprint density at radius 1 is 1.44 bits per heavy atom. The standard InChI is InChI=1S/C12H11F2NO/c1-12(2,6-15)10-8(13)5-9-7(11(10)14)3-4-16-9/h5H,3-4H2,1-2H3. The molecule has 4 heteroatoms. The Kier molecular flexibility index (Phi) is 2.34. The molecule has 84 valence electrons. The van der Waals surface area contributed by atoms with Crippen molar-refractivity contribution < 1.29 is 13.5 Å². The number of hydrogen-bond acceptors (Lipinski definition) is 2. The maximum atomic E-state index is 14.0. The molecule has 1 aromatic carbocycles. The molecule has 2 rings (SSSR count). The summed E-state index contributed by atoms with van der Waals surface area (Å²) in [6, 6.07) is 3.08. The van der Waals surface area contributed by atoms with Gasteiger partial charge in [0.05, 0.1) is 18.1 Å². The number of rotatable bonds is 1. The molecule has 0 N–H and O–H groups in total. The van der Waals surface area contributed by atoms with Crippen molar-refractivity contribution in [3.63, 3.8) is 0 Å². The van der Waals surface area contributed by atoms with Gasteiger partial charge in [-0.1, -0.05) is 0 Å². The maximum Gasteiger partial charge on any atom is 0.137 e. The Bertz CT molecular complexity index is 489. The third kappa shape index (κ3) is 1.44. The van der Waals surface area contributed by atoms with E-state index in [9.17, 15) is 8.78 Å². The third-order valence-corrected chi connectivity index (χ3v) is 2.79. The van der Waals surface area contributed by atoms with Crippen LogP contribution in [0.5, 0.6) is 5.75 Å². The average Bonchev–Trinajstić information content (AvgIpc) is 2.65. The number of benzene rings is 1. The van der Waals surface area contributed by atoms with Gasteiger partial charge in [-0.15, -0.1) is 0 Å². The average molecular weight is 223 g/mol. The number of hydrogen-bond donors (Lipinski definition) is 0. The summed E-state index contributed by atoms with van der Waals surface area (Å²) in [7, 11) is 0. The van der Waals surface area contributed by atoms with Gasteiger partial charge in [0.2, 0.25) is 0 Å². The lowest BCUT2D eigenvalue weighted by molar-refractivity contribution is 0.354. The van der Waals surface area contributed by atoms with Crippen LogP contribution in [0, 0.1) is 23.0 Å². The van der Waals surface area contributed by atoms with Gasteiger partial charge in [0, 0.05) is 23.6 Å². The van der Waals surface area contributed by atoms with Crippen LogP contribution in [0.4, 0.5) is 8.78 Å². The Balaban J connectivity index is 2.69. The van der Waals surface area contributed by atoms with E-state index in [0.717, 1.165) is 0 Å². The Hall–Kier alpha value is -1.63. The third-order valence-electron chi connectivity index (χ3n) is 2.79. The van der Waals surface area contributed by atoms with Gasteiger partial charge in [-0.3, -0.25) is 0 Å². The second-order valence-corrected chi connectivity index (χ2v) is 4.36. The fraction of sp³-hybridized carbons (Fsp3) is 0.417. The van der Waals surface area contributed by atoms with E-state index in [1.54, 1.807) is 0 Å². The highest BCUT2D eigenvalue weighted by Gasteiger charge is 2.32. The first-order valence-corrected chi connectivity index (χ1v) is 5.03. The van der Waals surface area contributed by atoms with E-state index >= 15 is 0 Å². The summed E-state index contributed by atoms with van der Waals surface area (Å²) in [4.78, 5) is 0. The summed E-state index contributed by atoms with van der Waals surface area (Å²) in [5.41, 5.74) is -0.967. The smallest absolute Gasteiger partial charge is 0.137 e. The highest BCUT2D eigenvalue weighted by Crippen LogP contribution is 2.36. The molecule has 0 saturated carbocycles. The van der Waals surface area contributed by atoms with Gasteiger partial charge in [-0.2, -0.15) is 5.26 Å². The normalized spacial score (nSPS) is 14.2. The number of halogens is 2. The van der Waals surface area contributed by atoms with Crippen molar-refractivity contribution in [3.8, 4) is 11.8 Å². The number of nitrogens with zero attached hydrogens (tertiary/aromatic N) is 1. The summed E-state index contributed by atoms with van der Waals surface area (Å²) >= 11 is 0. The highest BCUT2D eigenvalue weighted by atomic mass is 19.1. The second-order valence-electron chi connectivity index (χ2n) is 4.36. The predicted molar refractivity (Wildman–Crippen MR) is 54.2 cm³/mol. The van der Waals surface area contributed by atoms with Crippen LogP contribution < -0.4 is 4.74 Å². The van der Waals surface area contributed by atoms with E-state index in [1.807, 2.05) is 6.07 Å². The second kappa shape index (κ2) is 3.44. The minimum Gasteiger partial charge on any atom is -0.493 e. The van der Waals surface area contributed by atoms with Gasteiger partial charge in [0.15, 0.2) is 0 Å². The zero-order valence-corrected chi connectivity index (χ0v) is 9.10. The number of ether oxygens (including phenoxy) is 1. The van der Waals surface area contributed by atoms with Gasteiger partial charge < -0.3 is 4.74 Å². The Labute approximate surface area is 92.5 Å². The molecule has 2 nitrogen and oxygen atoms in total. The monoisotopic (exact) mass is 223 g/mol. The summed E-state index contributed by atoms with van der Waals surface area (Å²) in [5, 5.41) is 8.93. The van der Waals surface area contributed by atoms with E-state index in [1.165, 1.54) is 19.9 Å². The summed E-state index contributed by atoms with van der Waals surface area (Å²) < 4.78 is 32.9. The molecule has 1 aliphatic heterocycles. The Morgan fingerprint density at radius 3 is 2.75 bits per heavy atom. The largest absolute Gasteiger partial charge is 0.493 e. The van der Waals surface area contributed by atoms with Crippen molar-refractivity contribution in [2.75, 3.05) is 6.61 Å². The molecule has 0 saturated heterocycles. The molecule has 1 aliphatic rings. The molecule has 1 heterocycles. The summed E-state index contributed by atoms with van der Waals surface area (Å²) in [6.07, 6.45) is 0.427. The van der Waals surface area contributed by atoms with Gasteiger partial charge >= 0.3 is 0 Å². The zero-order chi connectivity index (χ0) is 11.9. The van der Waals surface area contributed by atoms with Crippen LogP contribution in [0.3, 0.4) is 0 Å². The van der Waals surface area contributed by atoms with E-state index in [-0.39, 0.29) is 11.3 Å². The van der Waals surface area contributed by atoms with Crippen LogP contribution in [0.1, 0.15) is 25.0 Å². The van der Waals surface area contributed by atoms with Crippen molar-refractivity contribution in [1.82, 2.24) is 0 Å². The van der Waals surface area contributed by atoms with Crippen molar-refractivity contribution >= 4 is 0 Å². The van der Waals surface area contributed by atoms with Crippen molar-refractivity contribution in [1.29, 1.82) is 5.26 Å². The summed E-state index contributed by atoms with van der Waals surface area (Å²) in [5.74, 6) is -1.10. The minimum absolute atomic E-state index is 0.167. The molecule has 16 heavy (non-hydrogen) atoms. The molecule has 0 aliphatic carbocycles. The zero-order valence-electron chi connectivity index (χ0n) is 9.10. The quantitative estimate of drug-likeness (QED) is 0.733. The topological polar surface area (TPSA) is 33.0 Å². The molecule has 0 atom stereocenters. The maximum absolute atomic E-state index is 14.0. The minimum atomic E-state index is -1.17. The first-order valence-electron chi connectivity index (χ1n) is 5.03. The van der Waals surface area contributed by atoms with Crippen LogP contribution >= 0.6 is 0 Å². The molecule has 0 radical (unpaired) electrons. The van der Waals surface area contributed by atoms with Gasteiger partial charge in [-0.25, -0.2) is 8.78 Å². The van der Waals surface area contributed by atoms with E-state index in [2.05, 4.69) is 0 Å². The van der Waals surface area contributed by atoms with E-state index in [4.69, 9.17) is 10.00 Å². The highest BCUT2D eigenvalue weighted by molar-refractivity contribution is 5.46. The molecule has 0 unspecified atom stereocenters. The van der Waals surface area contributed by atoms with Gasteiger partial charge in [0.25, 0.3) is 0 Å². The molecule has 0 aromatic heterocycles. The fourth-order valence-electron chi connectivity index (χ4n) is 1.89. The number of fused-ring (bicyclic) bond motifs is 1. The van der Waals surface area contributed by atoms with Crippen LogP contribution in [-0.4, -0.2) is 6.61 Å². The van der Waals surface area contributed by atoms with Crippen molar-refractivity contribution in [2.45, 2.75) is 25.7 Å². The Morgan fingerprint density at radius 2 is 2.12 bits per heavy atom. The first kappa shape index (κ1) is 10.9. The molecule has 0 fully saturated rings. The molecular formula is C12H11F2NO. The van der Waals surface area contributed by atoms with Crippen molar-refractivity contribution in [2.24, 2.45) is 0 Å². The molecule has 0 spiro atoms. The molecular weight excluding hydrogens is 212 g/mol. The molecule has 1 aromatic rings. The lowest BCUT2D eigenvalue weighted by atomic mass is 9.84. The molecule has 0 amide bonds. The van der Waals surface area contributed by atoms with Gasteiger partial charge in [0.1, 0.15) is 17.4 Å². The lowest BCUT2D eigenvalue weighted by Crippen LogP contribution is -2.19. The van der Waals surface area contributed by atoms with Crippen LogP contribution in [0.2, 0.25) is 0 Å². The van der Waals surface area contributed by atoms with Gasteiger partial charge in [-0.05, 0) is 13.8 Å². The fourth-order valence-corrected chi connectivity index (χ4v) is 1.89. The lowest BCUT2D eigenvalue weighted by Gasteiger charge is -2.18. The van der Waals surface area contributed by atoms with Crippen molar-refractivity contribution in [3.05, 3.63) is 28.8 Å². The van der Waals surface area contributed by atoms with Crippen LogP contribution in [-0.2, 0) is 11.8 Å². The summed E-state index contributed by atoms with van der Waals surface area (Å²) in [6.45, 7) is 3.36. The van der Waals surface area contributed by atoms with E-state index in [0.29, 0.717) is 18.6 Å². The molecule has 0 bridgehead atoms. The van der Waals surface area contributed by atoms with Crippen LogP contribution in [0.15, 0.2) is 6.07 Å². The number of nitriles is 1. The van der Waals surface area contributed by atoms with Crippen LogP contribution in [0.25, 0.3) is 0 Å². The first-order chi connectivity index (χ1) is 7.47. The SMILES string of the molecule is CC(C)(C#N)c1c(F)cc2c(c1F)CCO2.